The average Bonchev–Trinajstić information content (AvgIpc) is 2.30. The second-order valence-electron chi connectivity index (χ2n) is 4.26. The van der Waals surface area contributed by atoms with E-state index in [4.69, 9.17) is 16.3 Å². The van der Waals surface area contributed by atoms with Gasteiger partial charge < -0.3 is 15.0 Å². The number of anilines is 1. The molecule has 1 N–H and O–H groups in total. The molecule has 0 saturated carbocycles. The molecule has 1 heterocycles. The minimum absolute atomic E-state index is 0.0899. The number of halogens is 2. The van der Waals surface area contributed by atoms with E-state index in [9.17, 15) is 4.39 Å². The quantitative estimate of drug-likeness (QED) is 0.900. The topological polar surface area (TPSA) is 24.5 Å². The summed E-state index contributed by atoms with van der Waals surface area (Å²) in [6.07, 6.45) is 0.0899. The Balaban J connectivity index is 1.90. The van der Waals surface area contributed by atoms with Crippen molar-refractivity contribution >= 4 is 17.3 Å². The molecule has 0 spiro atoms. The zero-order valence-electron chi connectivity index (χ0n) is 9.75. The first-order chi connectivity index (χ1) is 8.15. The smallest absolute Gasteiger partial charge is 0.146 e. The summed E-state index contributed by atoms with van der Waals surface area (Å²) in [7, 11) is 2.05. The molecule has 17 heavy (non-hydrogen) atoms. The summed E-state index contributed by atoms with van der Waals surface area (Å²) in [6, 6.07) is 4.48. The number of rotatable bonds is 3. The number of nitrogens with one attached hydrogen (secondary N) is 1. The van der Waals surface area contributed by atoms with E-state index >= 15 is 0 Å². The van der Waals surface area contributed by atoms with E-state index in [0.29, 0.717) is 17.3 Å². The fraction of sp³-hybridized carbons (Fsp3) is 0.500. The molecule has 1 aliphatic heterocycles. The van der Waals surface area contributed by atoms with Crippen molar-refractivity contribution in [2.45, 2.75) is 6.10 Å². The first-order valence-electron chi connectivity index (χ1n) is 5.64. The first kappa shape index (κ1) is 12.6. The van der Waals surface area contributed by atoms with E-state index in [1.165, 1.54) is 12.1 Å². The maximum absolute atomic E-state index is 13.4. The van der Waals surface area contributed by atoms with E-state index in [0.717, 1.165) is 19.7 Å². The van der Waals surface area contributed by atoms with Gasteiger partial charge in [0.15, 0.2) is 0 Å². The van der Waals surface area contributed by atoms with Gasteiger partial charge in [-0.2, -0.15) is 0 Å². The van der Waals surface area contributed by atoms with Gasteiger partial charge in [-0.1, -0.05) is 11.6 Å². The van der Waals surface area contributed by atoms with Gasteiger partial charge in [0, 0.05) is 24.7 Å². The summed E-state index contributed by atoms with van der Waals surface area (Å²) >= 11 is 5.82. The van der Waals surface area contributed by atoms with E-state index < -0.39 is 0 Å². The van der Waals surface area contributed by atoms with Crippen LogP contribution >= 0.6 is 11.6 Å². The van der Waals surface area contributed by atoms with Gasteiger partial charge in [0.05, 0.1) is 18.4 Å². The molecule has 1 fully saturated rings. The highest BCUT2D eigenvalue weighted by Crippen LogP contribution is 2.19. The molecule has 0 bridgehead atoms. The predicted molar refractivity (Wildman–Crippen MR) is 67.1 cm³/mol. The lowest BCUT2D eigenvalue weighted by atomic mass is 10.2. The third-order valence-corrected chi connectivity index (χ3v) is 3.03. The van der Waals surface area contributed by atoms with Crippen LogP contribution in [0.4, 0.5) is 10.1 Å². The molecule has 0 radical (unpaired) electrons. The van der Waals surface area contributed by atoms with Gasteiger partial charge in [0.1, 0.15) is 5.82 Å². The second-order valence-corrected chi connectivity index (χ2v) is 4.70. The van der Waals surface area contributed by atoms with Crippen molar-refractivity contribution in [2.75, 3.05) is 38.6 Å². The zero-order chi connectivity index (χ0) is 12.3. The molecule has 0 amide bonds. The standard InChI is InChI=1S/C12H16ClFN2O/c1-16-4-5-17-10(8-16)7-15-12-6-9(13)2-3-11(12)14/h2-3,6,10,15H,4-5,7-8H2,1H3. The summed E-state index contributed by atoms with van der Waals surface area (Å²) < 4.78 is 19.0. The molecule has 1 aromatic carbocycles. The molecule has 2 rings (SSSR count). The number of benzene rings is 1. The summed E-state index contributed by atoms with van der Waals surface area (Å²) in [5, 5.41) is 3.56. The third kappa shape index (κ3) is 3.56. The van der Waals surface area contributed by atoms with Crippen molar-refractivity contribution in [3.05, 3.63) is 29.0 Å². The van der Waals surface area contributed by atoms with Gasteiger partial charge in [0.2, 0.25) is 0 Å². The Labute approximate surface area is 106 Å². The van der Waals surface area contributed by atoms with Crippen LogP contribution < -0.4 is 5.32 Å². The highest BCUT2D eigenvalue weighted by atomic mass is 35.5. The molecular formula is C12H16ClFN2O. The van der Waals surface area contributed by atoms with Gasteiger partial charge >= 0.3 is 0 Å². The number of nitrogens with zero attached hydrogens (tertiary/aromatic N) is 1. The van der Waals surface area contributed by atoms with E-state index in [1.54, 1.807) is 6.07 Å². The monoisotopic (exact) mass is 258 g/mol. The Morgan fingerprint density at radius 1 is 1.59 bits per heavy atom. The average molecular weight is 259 g/mol. The highest BCUT2D eigenvalue weighted by molar-refractivity contribution is 6.30. The molecule has 5 heteroatoms. The number of morpholine rings is 1. The van der Waals surface area contributed by atoms with Gasteiger partial charge in [-0.15, -0.1) is 0 Å². The lowest BCUT2D eigenvalue weighted by molar-refractivity contribution is -0.0117. The van der Waals surface area contributed by atoms with Crippen molar-refractivity contribution in [3.8, 4) is 0 Å². The summed E-state index contributed by atoms with van der Waals surface area (Å²) in [6.45, 7) is 3.11. The Hall–Kier alpha value is -0.840. The van der Waals surface area contributed by atoms with Crippen LogP contribution in [-0.2, 0) is 4.74 Å². The van der Waals surface area contributed by atoms with Crippen LogP contribution in [0.15, 0.2) is 18.2 Å². The summed E-state index contributed by atoms with van der Waals surface area (Å²) in [5.41, 5.74) is 0.425. The van der Waals surface area contributed by atoms with Crippen LogP contribution in [0.2, 0.25) is 5.02 Å². The number of likely N-dealkylation sites (N-methyl/N-ethyl adjacent to an activating group) is 1. The largest absolute Gasteiger partial charge is 0.380 e. The summed E-state index contributed by atoms with van der Waals surface area (Å²) in [4.78, 5) is 2.20. The lowest BCUT2D eigenvalue weighted by Crippen LogP contribution is -2.43. The van der Waals surface area contributed by atoms with Gasteiger partial charge in [0.25, 0.3) is 0 Å². The molecule has 0 aliphatic carbocycles. The van der Waals surface area contributed by atoms with Gasteiger partial charge in [-0.25, -0.2) is 4.39 Å². The van der Waals surface area contributed by atoms with E-state index in [2.05, 4.69) is 17.3 Å². The van der Waals surface area contributed by atoms with Crippen molar-refractivity contribution in [2.24, 2.45) is 0 Å². The molecule has 0 aromatic heterocycles. The molecule has 1 atom stereocenters. The lowest BCUT2D eigenvalue weighted by Gasteiger charge is -2.30. The van der Waals surface area contributed by atoms with Crippen LogP contribution in [0.3, 0.4) is 0 Å². The second kappa shape index (κ2) is 5.67. The number of ether oxygens (including phenoxy) is 1. The summed E-state index contributed by atoms with van der Waals surface area (Å²) in [5.74, 6) is -0.293. The minimum Gasteiger partial charge on any atom is -0.380 e. The molecule has 1 aliphatic rings. The van der Waals surface area contributed by atoms with Crippen LogP contribution in [0.1, 0.15) is 0 Å². The van der Waals surface area contributed by atoms with Crippen molar-refractivity contribution in [3.63, 3.8) is 0 Å². The van der Waals surface area contributed by atoms with Crippen molar-refractivity contribution < 1.29 is 9.13 Å². The number of hydrogen-bond donors (Lipinski definition) is 1. The Morgan fingerprint density at radius 3 is 3.18 bits per heavy atom. The molecule has 1 unspecified atom stereocenters. The molecule has 3 nitrogen and oxygen atoms in total. The zero-order valence-corrected chi connectivity index (χ0v) is 10.5. The fourth-order valence-electron chi connectivity index (χ4n) is 1.85. The van der Waals surface area contributed by atoms with Crippen molar-refractivity contribution in [1.29, 1.82) is 0 Å². The molecule has 1 aromatic rings. The van der Waals surface area contributed by atoms with Crippen LogP contribution in [-0.4, -0.2) is 44.3 Å². The maximum Gasteiger partial charge on any atom is 0.146 e. The van der Waals surface area contributed by atoms with Crippen LogP contribution in [0, 0.1) is 5.82 Å². The number of hydrogen-bond acceptors (Lipinski definition) is 3. The maximum atomic E-state index is 13.4. The molecule has 1 saturated heterocycles. The first-order valence-corrected chi connectivity index (χ1v) is 6.02. The van der Waals surface area contributed by atoms with E-state index in [-0.39, 0.29) is 11.9 Å². The minimum atomic E-state index is -0.293. The Bertz CT molecular complexity index is 389. The molecular weight excluding hydrogens is 243 g/mol. The van der Waals surface area contributed by atoms with Gasteiger partial charge in [-0.3, -0.25) is 0 Å². The molecule has 94 valence electrons. The Kier molecular flexibility index (Phi) is 4.20. The highest BCUT2D eigenvalue weighted by Gasteiger charge is 2.17. The Morgan fingerprint density at radius 2 is 2.41 bits per heavy atom. The van der Waals surface area contributed by atoms with Crippen LogP contribution in [0.5, 0.6) is 0 Å². The van der Waals surface area contributed by atoms with Crippen molar-refractivity contribution in [1.82, 2.24) is 4.90 Å². The van der Waals surface area contributed by atoms with Crippen LogP contribution in [0.25, 0.3) is 0 Å². The normalized spacial score (nSPS) is 21.5. The third-order valence-electron chi connectivity index (χ3n) is 2.79. The predicted octanol–water partition coefficient (Wildman–Crippen LogP) is 2.22. The van der Waals surface area contributed by atoms with E-state index in [1.807, 2.05) is 0 Å². The van der Waals surface area contributed by atoms with Gasteiger partial charge in [-0.05, 0) is 25.2 Å². The fourth-order valence-corrected chi connectivity index (χ4v) is 2.02. The SMILES string of the molecule is CN1CCOC(CNc2cc(Cl)ccc2F)C1.